The molecule has 0 aliphatic carbocycles. The number of tetrazole rings is 1. The summed E-state index contributed by atoms with van der Waals surface area (Å²) in [6.45, 7) is 0. The fourth-order valence-electron chi connectivity index (χ4n) is 3.40. The van der Waals surface area contributed by atoms with Gasteiger partial charge in [0.05, 0.1) is 35.9 Å². The van der Waals surface area contributed by atoms with Crippen LogP contribution in [0, 0.1) is 0 Å². The highest BCUT2D eigenvalue weighted by atomic mass is 16.5. The first-order valence-corrected chi connectivity index (χ1v) is 9.47. The monoisotopic (exact) mass is 394 g/mol. The number of aromatic nitrogens is 6. The van der Waals surface area contributed by atoms with E-state index >= 15 is 0 Å². The van der Waals surface area contributed by atoms with Crippen molar-refractivity contribution in [1.29, 1.82) is 0 Å². The maximum absolute atomic E-state index is 5.26. The molecule has 2 aromatic heterocycles. The van der Waals surface area contributed by atoms with Gasteiger partial charge in [-0.2, -0.15) is 9.78 Å². The van der Waals surface area contributed by atoms with Gasteiger partial charge in [-0.15, -0.1) is 5.10 Å². The van der Waals surface area contributed by atoms with E-state index in [9.17, 15) is 0 Å². The lowest BCUT2D eigenvalue weighted by atomic mass is 10.1. The van der Waals surface area contributed by atoms with Gasteiger partial charge < -0.3 is 4.74 Å². The molecule has 0 aliphatic rings. The first kappa shape index (κ1) is 17.8. The van der Waals surface area contributed by atoms with Crippen molar-refractivity contribution in [3.8, 4) is 39.8 Å². The smallest absolute Gasteiger partial charge is 0.190 e. The summed E-state index contributed by atoms with van der Waals surface area (Å²) in [6, 6.07) is 27.7. The van der Waals surface area contributed by atoms with Gasteiger partial charge in [-0.3, -0.25) is 0 Å². The first-order chi connectivity index (χ1) is 14.8. The van der Waals surface area contributed by atoms with Crippen LogP contribution in [0.25, 0.3) is 34.0 Å². The van der Waals surface area contributed by atoms with E-state index in [1.807, 2.05) is 77.5 Å². The number of hydrogen-bond acceptors (Lipinski definition) is 5. The molecule has 30 heavy (non-hydrogen) atoms. The van der Waals surface area contributed by atoms with Gasteiger partial charge in [0.25, 0.3) is 0 Å². The zero-order chi connectivity index (χ0) is 20.3. The normalized spacial score (nSPS) is 10.8. The molecule has 0 spiro atoms. The highest BCUT2D eigenvalue weighted by Crippen LogP contribution is 2.33. The largest absolute Gasteiger partial charge is 0.497 e. The van der Waals surface area contributed by atoms with E-state index in [0.29, 0.717) is 5.82 Å². The molecule has 0 unspecified atom stereocenters. The van der Waals surface area contributed by atoms with E-state index in [1.54, 1.807) is 18.0 Å². The van der Waals surface area contributed by atoms with Crippen molar-refractivity contribution in [2.24, 2.45) is 0 Å². The Bertz CT molecular complexity index is 1260. The van der Waals surface area contributed by atoms with Crippen molar-refractivity contribution in [1.82, 2.24) is 30.0 Å². The molecule has 3 aromatic carbocycles. The Morgan fingerprint density at radius 3 is 2.10 bits per heavy atom. The SMILES string of the molecule is COc1ccc(-n2nnnc2-c2cnn(-c3ccccc3)c2-c2ccccc2)cc1. The molecule has 5 aromatic rings. The Labute approximate surface area is 173 Å². The molecule has 7 heteroatoms. The van der Waals surface area contributed by atoms with Crippen LogP contribution in [-0.4, -0.2) is 37.1 Å². The molecule has 0 N–H and O–H groups in total. The van der Waals surface area contributed by atoms with Gasteiger partial charge in [0.2, 0.25) is 0 Å². The number of hydrogen-bond donors (Lipinski definition) is 0. The minimum absolute atomic E-state index is 0.612. The number of rotatable bonds is 5. The lowest BCUT2D eigenvalue weighted by Crippen LogP contribution is -2.02. The van der Waals surface area contributed by atoms with Gasteiger partial charge >= 0.3 is 0 Å². The van der Waals surface area contributed by atoms with Crippen molar-refractivity contribution in [3.05, 3.63) is 91.1 Å². The molecule has 146 valence electrons. The molecule has 0 saturated heterocycles. The molecule has 0 amide bonds. The average molecular weight is 394 g/mol. The molecule has 0 atom stereocenters. The van der Waals surface area contributed by atoms with Crippen molar-refractivity contribution in [2.45, 2.75) is 0 Å². The third-order valence-corrected chi connectivity index (χ3v) is 4.84. The van der Waals surface area contributed by atoms with E-state index in [4.69, 9.17) is 4.74 Å². The van der Waals surface area contributed by atoms with Crippen LogP contribution >= 0.6 is 0 Å². The summed E-state index contributed by atoms with van der Waals surface area (Å²) in [5.41, 5.74) is 4.59. The molecule has 0 aliphatic heterocycles. The van der Waals surface area contributed by atoms with Crippen molar-refractivity contribution < 1.29 is 4.74 Å². The van der Waals surface area contributed by atoms with Crippen LogP contribution in [0.2, 0.25) is 0 Å². The van der Waals surface area contributed by atoms with Crippen LogP contribution in [-0.2, 0) is 0 Å². The van der Waals surface area contributed by atoms with E-state index in [-0.39, 0.29) is 0 Å². The van der Waals surface area contributed by atoms with Gasteiger partial charge in [0.1, 0.15) is 5.75 Å². The highest BCUT2D eigenvalue weighted by Gasteiger charge is 2.21. The second-order valence-electron chi connectivity index (χ2n) is 6.63. The summed E-state index contributed by atoms with van der Waals surface area (Å²) in [7, 11) is 1.64. The third kappa shape index (κ3) is 3.12. The van der Waals surface area contributed by atoms with Gasteiger partial charge in [0, 0.05) is 5.56 Å². The Balaban J connectivity index is 1.70. The summed E-state index contributed by atoms with van der Waals surface area (Å²) in [5, 5.41) is 17.1. The van der Waals surface area contributed by atoms with Crippen molar-refractivity contribution in [2.75, 3.05) is 7.11 Å². The second-order valence-corrected chi connectivity index (χ2v) is 6.63. The number of nitrogens with zero attached hydrogens (tertiary/aromatic N) is 6. The standard InChI is InChI=1S/C23H18N6O/c1-30-20-14-12-19(13-15-20)29-23(25-26-27-29)21-16-24-28(18-10-6-3-7-11-18)22(21)17-8-4-2-5-9-17/h2-16H,1H3. The van der Waals surface area contributed by atoms with Crippen LogP contribution in [0.15, 0.2) is 91.1 Å². The molecule has 0 fully saturated rings. The molecular formula is C23H18N6O. The van der Waals surface area contributed by atoms with Gasteiger partial charge in [-0.1, -0.05) is 48.5 Å². The lowest BCUT2D eigenvalue weighted by Gasteiger charge is -2.10. The van der Waals surface area contributed by atoms with Crippen LogP contribution in [0.1, 0.15) is 0 Å². The maximum Gasteiger partial charge on any atom is 0.190 e. The first-order valence-electron chi connectivity index (χ1n) is 9.47. The zero-order valence-corrected chi connectivity index (χ0v) is 16.3. The van der Waals surface area contributed by atoms with Gasteiger partial charge in [-0.25, -0.2) is 4.68 Å². The van der Waals surface area contributed by atoms with Gasteiger partial charge in [0.15, 0.2) is 5.82 Å². The predicted molar refractivity (Wildman–Crippen MR) is 114 cm³/mol. The third-order valence-electron chi connectivity index (χ3n) is 4.84. The Morgan fingerprint density at radius 1 is 0.733 bits per heavy atom. The van der Waals surface area contributed by atoms with E-state index in [0.717, 1.165) is 33.9 Å². The predicted octanol–water partition coefficient (Wildman–Crippen LogP) is 4.19. The molecule has 2 heterocycles. The molecule has 5 rings (SSSR count). The summed E-state index contributed by atoms with van der Waals surface area (Å²) in [5.74, 6) is 1.39. The zero-order valence-electron chi connectivity index (χ0n) is 16.3. The summed E-state index contributed by atoms with van der Waals surface area (Å²) in [6.07, 6.45) is 1.81. The summed E-state index contributed by atoms with van der Waals surface area (Å²) < 4.78 is 8.88. The fraction of sp³-hybridized carbons (Fsp3) is 0.0435. The van der Waals surface area contributed by atoms with Crippen LogP contribution in [0.3, 0.4) is 0 Å². The van der Waals surface area contributed by atoms with E-state index in [2.05, 4.69) is 32.8 Å². The minimum atomic E-state index is 0.612. The topological polar surface area (TPSA) is 70.7 Å². The quantitative estimate of drug-likeness (QED) is 0.447. The number of methoxy groups -OCH3 is 1. The number of ether oxygens (including phenoxy) is 1. The van der Waals surface area contributed by atoms with E-state index in [1.165, 1.54) is 0 Å². The van der Waals surface area contributed by atoms with E-state index < -0.39 is 0 Å². The van der Waals surface area contributed by atoms with Gasteiger partial charge in [-0.05, 0) is 46.8 Å². The molecule has 0 bridgehead atoms. The molecule has 0 radical (unpaired) electrons. The Morgan fingerprint density at radius 2 is 1.40 bits per heavy atom. The van der Waals surface area contributed by atoms with Crippen LogP contribution in [0.4, 0.5) is 0 Å². The maximum atomic E-state index is 5.26. The summed E-state index contributed by atoms with van der Waals surface area (Å²) in [4.78, 5) is 0. The summed E-state index contributed by atoms with van der Waals surface area (Å²) >= 11 is 0. The Kier molecular flexibility index (Phi) is 4.53. The van der Waals surface area contributed by atoms with Crippen molar-refractivity contribution >= 4 is 0 Å². The fourth-order valence-corrected chi connectivity index (χ4v) is 3.40. The molecular weight excluding hydrogens is 376 g/mol. The van der Waals surface area contributed by atoms with Crippen LogP contribution in [0.5, 0.6) is 5.75 Å². The Hall–Kier alpha value is -4.26. The molecule has 0 saturated carbocycles. The highest BCUT2D eigenvalue weighted by molar-refractivity contribution is 5.79. The number of para-hydroxylation sites is 1. The second kappa shape index (κ2) is 7.63. The van der Waals surface area contributed by atoms with Crippen LogP contribution < -0.4 is 4.74 Å². The average Bonchev–Trinajstić information content (AvgIpc) is 3.47. The number of benzene rings is 3. The lowest BCUT2D eigenvalue weighted by molar-refractivity contribution is 0.414. The van der Waals surface area contributed by atoms with Crippen molar-refractivity contribution in [3.63, 3.8) is 0 Å². The minimum Gasteiger partial charge on any atom is -0.497 e. The molecule has 7 nitrogen and oxygen atoms in total.